The zero-order valence-corrected chi connectivity index (χ0v) is 11.6. The molecule has 0 saturated carbocycles. The molecule has 0 aliphatic carbocycles. The molecule has 2 aromatic rings. The number of sulfonamides is 1. The Morgan fingerprint density at radius 3 is 2.55 bits per heavy atom. The highest BCUT2D eigenvalue weighted by Crippen LogP contribution is 2.03. The van der Waals surface area contributed by atoms with Crippen LogP contribution in [0.3, 0.4) is 0 Å². The third-order valence-electron chi connectivity index (χ3n) is 2.63. The number of hydrogen-bond donors (Lipinski definition) is 1. The van der Waals surface area contributed by atoms with E-state index in [4.69, 9.17) is 0 Å². The predicted molar refractivity (Wildman–Crippen MR) is 75.6 cm³/mol. The van der Waals surface area contributed by atoms with Crippen LogP contribution in [0.2, 0.25) is 0 Å². The van der Waals surface area contributed by atoms with Gasteiger partial charge in [-0.15, -0.1) is 0 Å². The van der Waals surface area contributed by atoms with Crippen molar-refractivity contribution < 1.29 is 8.42 Å². The summed E-state index contributed by atoms with van der Waals surface area (Å²) in [5, 5.41) is 3.85. The van der Waals surface area contributed by atoms with Crippen molar-refractivity contribution in [1.29, 1.82) is 0 Å². The highest BCUT2D eigenvalue weighted by atomic mass is 32.2. The number of nitrogens with one attached hydrogen (secondary N) is 1. The quantitative estimate of drug-likeness (QED) is 0.834. The minimum absolute atomic E-state index is 0.0784. The monoisotopic (exact) mass is 293 g/mol. The number of nitrogens with zero attached hydrogens (tertiary/aromatic N) is 2. The average Bonchev–Trinajstić information content (AvgIpc) is 2.41. The molecule has 0 spiro atoms. The smallest absolute Gasteiger partial charge is 0.266 e. The molecule has 106 valence electrons. The summed E-state index contributed by atoms with van der Waals surface area (Å²) in [6, 6.07) is 11.8. The van der Waals surface area contributed by atoms with Crippen LogP contribution in [-0.4, -0.2) is 24.7 Å². The van der Waals surface area contributed by atoms with Gasteiger partial charge in [0.05, 0.1) is 12.3 Å². The molecule has 0 saturated heterocycles. The summed E-state index contributed by atoms with van der Waals surface area (Å²) in [4.78, 5) is 11.4. The first-order chi connectivity index (χ1) is 9.57. The van der Waals surface area contributed by atoms with E-state index in [2.05, 4.69) is 9.82 Å². The number of rotatable bonds is 6. The maximum absolute atomic E-state index is 11.9. The maximum atomic E-state index is 11.9. The van der Waals surface area contributed by atoms with Crippen LogP contribution in [0.15, 0.2) is 53.5 Å². The van der Waals surface area contributed by atoms with E-state index < -0.39 is 10.0 Å². The van der Waals surface area contributed by atoms with Crippen molar-refractivity contribution in [2.24, 2.45) is 0 Å². The van der Waals surface area contributed by atoms with E-state index in [9.17, 15) is 13.2 Å². The Balaban J connectivity index is 1.90. The molecule has 0 amide bonds. The molecular weight excluding hydrogens is 278 g/mol. The second-order valence-corrected chi connectivity index (χ2v) is 6.03. The first-order valence-electron chi connectivity index (χ1n) is 6.10. The highest BCUT2D eigenvalue weighted by molar-refractivity contribution is 7.88. The zero-order chi connectivity index (χ0) is 14.4. The van der Waals surface area contributed by atoms with Crippen molar-refractivity contribution in [2.45, 2.75) is 12.3 Å². The number of aromatic nitrogens is 2. The molecule has 0 aliphatic rings. The standard InChI is InChI=1S/C13H15N3O3S/c17-13-7-4-8-14-16(13)10-9-15-20(18,19)11-12-5-2-1-3-6-12/h1-8,15H,9-11H2. The summed E-state index contributed by atoms with van der Waals surface area (Å²) in [7, 11) is -3.41. The summed E-state index contributed by atoms with van der Waals surface area (Å²) in [6.07, 6.45) is 1.49. The fraction of sp³-hybridized carbons (Fsp3) is 0.231. The average molecular weight is 293 g/mol. The van der Waals surface area contributed by atoms with Gasteiger partial charge < -0.3 is 0 Å². The van der Waals surface area contributed by atoms with Gasteiger partial charge in [0.1, 0.15) is 0 Å². The van der Waals surface area contributed by atoms with Gasteiger partial charge in [0.15, 0.2) is 0 Å². The molecule has 6 nitrogen and oxygen atoms in total. The lowest BCUT2D eigenvalue weighted by molar-refractivity contribution is 0.547. The van der Waals surface area contributed by atoms with E-state index in [1.54, 1.807) is 30.3 Å². The molecule has 20 heavy (non-hydrogen) atoms. The molecule has 1 aromatic heterocycles. The van der Waals surface area contributed by atoms with E-state index in [0.717, 1.165) is 5.56 Å². The van der Waals surface area contributed by atoms with Crippen LogP contribution >= 0.6 is 0 Å². The van der Waals surface area contributed by atoms with E-state index in [0.29, 0.717) is 0 Å². The van der Waals surface area contributed by atoms with Gasteiger partial charge >= 0.3 is 0 Å². The molecule has 1 N–H and O–H groups in total. The first-order valence-corrected chi connectivity index (χ1v) is 7.75. The van der Waals surface area contributed by atoms with E-state index in [-0.39, 0.29) is 24.4 Å². The summed E-state index contributed by atoms with van der Waals surface area (Å²) in [5.41, 5.74) is 0.463. The van der Waals surface area contributed by atoms with E-state index >= 15 is 0 Å². The van der Waals surface area contributed by atoms with Gasteiger partial charge in [0.2, 0.25) is 10.0 Å². The topological polar surface area (TPSA) is 81.1 Å². The molecule has 0 fully saturated rings. The van der Waals surface area contributed by atoms with Gasteiger partial charge in [-0.3, -0.25) is 4.79 Å². The van der Waals surface area contributed by atoms with Gasteiger partial charge in [0, 0.05) is 18.8 Å². The van der Waals surface area contributed by atoms with Crippen LogP contribution < -0.4 is 10.3 Å². The minimum atomic E-state index is -3.41. The fourth-order valence-electron chi connectivity index (χ4n) is 1.71. The lowest BCUT2D eigenvalue weighted by atomic mass is 10.2. The Bertz CT molecular complexity index is 711. The van der Waals surface area contributed by atoms with Crippen molar-refractivity contribution in [3.05, 3.63) is 64.6 Å². The van der Waals surface area contributed by atoms with Crippen LogP contribution in [-0.2, 0) is 22.3 Å². The van der Waals surface area contributed by atoms with Crippen molar-refractivity contribution in [3.63, 3.8) is 0 Å². The number of benzene rings is 1. The largest absolute Gasteiger partial charge is 0.268 e. The maximum Gasteiger partial charge on any atom is 0.266 e. The van der Waals surface area contributed by atoms with E-state index in [1.165, 1.54) is 16.9 Å². The highest BCUT2D eigenvalue weighted by Gasteiger charge is 2.10. The number of hydrogen-bond acceptors (Lipinski definition) is 4. The Kier molecular flexibility index (Phi) is 4.65. The molecule has 1 aromatic carbocycles. The van der Waals surface area contributed by atoms with Gasteiger partial charge in [-0.2, -0.15) is 5.10 Å². The van der Waals surface area contributed by atoms with Crippen molar-refractivity contribution in [2.75, 3.05) is 6.54 Å². The third kappa shape index (κ3) is 4.29. The normalized spacial score (nSPS) is 11.4. The predicted octanol–water partition coefficient (Wildman–Crippen LogP) is 0.363. The van der Waals surface area contributed by atoms with Crippen LogP contribution in [0.1, 0.15) is 5.56 Å². The molecule has 1 heterocycles. The molecule has 2 rings (SSSR count). The molecule has 0 aliphatic heterocycles. The molecule has 0 unspecified atom stereocenters. The summed E-state index contributed by atoms with van der Waals surface area (Å²) in [6.45, 7) is 0.333. The van der Waals surface area contributed by atoms with Gasteiger partial charge in [-0.25, -0.2) is 17.8 Å². The summed E-state index contributed by atoms with van der Waals surface area (Å²) >= 11 is 0. The molecule has 0 radical (unpaired) electrons. The van der Waals surface area contributed by atoms with E-state index in [1.807, 2.05) is 6.07 Å². The van der Waals surface area contributed by atoms with Crippen molar-refractivity contribution in [1.82, 2.24) is 14.5 Å². The Morgan fingerprint density at radius 1 is 1.10 bits per heavy atom. The first kappa shape index (κ1) is 14.4. The third-order valence-corrected chi connectivity index (χ3v) is 3.99. The summed E-state index contributed by atoms with van der Waals surface area (Å²) in [5.74, 6) is -0.0784. The van der Waals surface area contributed by atoms with Gasteiger partial charge in [0.25, 0.3) is 5.56 Å². The Morgan fingerprint density at radius 2 is 1.85 bits per heavy atom. The minimum Gasteiger partial charge on any atom is -0.268 e. The van der Waals surface area contributed by atoms with Crippen molar-refractivity contribution in [3.8, 4) is 0 Å². The molecular formula is C13H15N3O3S. The lowest BCUT2D eigenvalue weighted by Gasteiger charge is -2.07. The fourth-order valence-corrected chi connectivity index (χ4v) is 2.84. The van der Waals surface area contributed by atoms with Crippen LogP contribution in [0, 0.1) is 0 Å². The Hall–Kier alpha value is -1.99. The van der Waals surface area contributed by atoms with Crippen molar-refractivity contribution >= 4 is 10.0 Å². The van der Waals surface area contributed by atoms with Gasteiger partial charge in [-0.05, 0) is 11.6 Å². The van der Waals surface area contributed by atoms with Crippen LogP contribution in [0.4, 0.5) is 0 Å². The lowest BCUT2D eigenvalue weighted by Crippen LogP contribution is -2.32. The SMILES string of the molecule is O=c1cccnn1CCNS(=O)(=O)Cc1ccccc1. The molecule has 0 atom stereocenters. The zero-order valence-electron chi connectivity index (χ0n) is 10.8. The summed E-state index contributed by atoms with van der Waals surface area (Å²) < 4.78 is 27.4. The van der Waals surface area contributed by atoms with Crippen LogP contribution in [0.25, 0.3) is 0 Å². The van der Waals surface area contributed by atoms with Crippen LogP contribution in [0.5, 0.6) is 0 Å². The molecule has 0 bridgehead atoms. The van der Waals surface area contributed by atoms with Gasteiger partial charge in [-0.1, -0.05) is 30.3 Å². The second kappa shape index (κ2) is 6.44. The second-order valence-electron chi connectivity index (χ2n) is 4.22. The Labute approximate surface area is 117 Å². The molecule has 7 heteroatoms.